The number of rotatable bonds is 17. The number of carbonyl (C=O) groups is 2. The SMILES string of the molecule is CCCOC(=O)N(CCOc1ccc(CC(OCC)C(=O)O)cc1)CC(F)(F)C(F)(F)C(F)(F)C(F)(F)C(F)(F)C(F)(F)F. The van der Waals surface area contributed by atoms with E-state index in [9.17, 15) is 66.7 Å². The van der Waals surface area contributed by atoms with Gasteiger partial charge in [-0.15, -0.1) is 0 Å². The van der Waals surface area contributed by atoms with Crippen LogP contribution in [0.4, 0.5) is 61.9 Å². The van der Waals surface area contributed by atoms with Crippen LogP contribution >= 0.6 is 0 Å². The number of halogens is 13. The van der Waals surface area contributed by atoms with Gasteiger partial charge in [-0.25, -0.2) is 9.59 Å². The van der Waals surface area contributed by atoms with Crippen molar-refractivity contribution in [3.63, 3.8) is 0 Å². The number of amides is 1. The third-order valence-electron chi connectivity index (χ3n) is 5.69. The lowest BCUT2D eigenvalue weighted by molar-refractivity contribution is -0.440. The van der Waals surface area contributed by atoms with E-state index in [1.807, 2.05) is 0 Å². The number of hydrogen-bond donors (Lipinski definition) is 1. The van der Waals surface area contributed by atoms with Crippen molar-refractivity contribution in [1.29, 1.82) is 0 Å². The van der Waals surface area contributed by atoms with E-state index in [0.717, 1.165) is 0 Å². The number of carboxylic acids is 1. The zero-order chi connectivity index (χ0) is 34.4. The fourth-order valence-electron chi connectivity index (χ4n) is 3.28. The predicted molar refractivity (Wildman–Crippen MR) is 123 cm³/mol. The third kappa shape index (κ3) is 8.29. The Labute approximate surface area is 240 Å². The molecule has 254 valence electrons. The highest BCUT2D eigenvalue weighted by Gasteiger charge is 2.90. The lowest BCUT2D eigenvalue weighted by Crippen LogP contribution is -2.71. The minimum atomic E-state index is -8.07. The molecule has 0 aliphatic rings. The normalized spacial score (nSPS) is 14.2. The van der Waals surface area contributed by atoms with Crippen LogP contribution in [-0.2, 0) is 20.7 Å². The average Bonchev–Trinajstić information content (AvgIpc) is 2.90. The summed E-state index contributed by atoms with van der Waals surface area (Å²) in [4.78, 5) is 22.9. The molecule has 0 bridgehead atoms. The van der Waals surface area contributed by atoms with Crippen LogP contribution in [0.5, 0.6) is 5.75 Å². The molecule has 0 aliphatic heterocycles. The molecule has 7 nitrogen and oxygen atoms in total. The molecule has 1 amide bonds. The van der Waals surface area contributed by atoms with Crippen molar-refractivity contribution in [3.05, 3.63) is 29.8 Å². The number of hydrogen-bond acceptors (Lipinski definition) is 5. The number of benzene rings is 1. The van der Waals surface area contributed by atoms with Crippen LogP contribution in [0.3, 0.4) is 0 Å². The second-order valence-corrected chi connectivity index (χ2v) is 9.01. The molecule has 20 heteroatoms. The maximum Gasteiger partial charge on any atom is 0.460 e. The Morgan fingerprint density at radius 1 is 0.795 bits per heavy atom. The van der Waals surface area contributed by atoms with Gasteiger partial charge in [-0.05, 0) is 31.0 Å². The summed E-state index contributed by atoms with van der Waals surface area (Å²) >= 11 is 0. The second-order valence-electron chi connectivity index (χ2n) is 9.01. The van der Waals surface area contributed by atoms with Crippen molar-refractivity contribution in [3.8, 4) is 5.75 Å². The summed E-state index contributed by atoms with van der Waals surface area (Å²) in [5.41, 5.74) is 0.415. The van der Waals surface area contributed by atoms with Crippen molar-refractivity contribution in [2.75, 3.05) is 32.9 Å². The van der Waals surface area contributed by atoms with E-state index in [1.54, 1.807) is 6.92 Å². The Morgan fingerprint density at radius 2 is 1.32 bits per heavy atom. The smallest absolute Gasteiger partial charge is 0.460 e. The van der Waals surface area contributed by atoms with Gasteiger partial charge >= 0.3 is 47.9 Å². The Bertz CT molecular complexity index is 1100. The van der Waals surface area contributed by atoms with Gasteiger partial charge < -0.3 is 19.3 Å². The van der Waals surface area contributed by atoms with E-state index in [1.165, 1.54) is 31.2 Å². The van der Waals surface area contributed by atoms with Crippen LogP contribution in [0.1, 0.15) is 25.8 Å². The van der Waals surface area contributed by atoms with Crippen molar-refractivity contribution in [2.45, 2.75) is 68.6 Å². The van der Waals surface area contributed by atoms with Crippen LogP contribution < -0.4 is 4.74 Å². The largest absolute Gasteiger partial charge is 0.492 e. The fourth-order valence-corrected chi connectivity index (χ4v) is 3.28. The Morgan fingerprint density at radius 3 is 1.77 bits per heavy atom. The standard InChI is InChI=1S/C24H26F13NO6/c1-3-10-44-18(41)38(9-11-43-15-7-5-14(6-8-15)12-16(17(39)40)42-4-2)13-19(25,26)20(27,28)21(29,30)22(31,32)23(33,34)24(35,36)37/h5-8,16H,3-4,9-13H2,1-2H3,(H,39,40). The van der Waals surface area contributed by atoms with Gasteiger partial charge in [0.25, 0.3) is 0 Å². The zero-order valence-electron chi connectivity index (χ0n) is 22.7. The Balaban J connectivity index is 3.17. The van der Waals surface area contributed by atoms with Crippen LogP contribution in [0.25, 0.3) is 0 Å². The van der Waals surface area contributed by atoms with Crippen LogP contribution in [-0.4, -0.2) is 96.9 Å². The summed E-state index contributed by atoms with van der Waals surface area (Å²) < 4.78 is 190. The lowest BCUT2D eigenvalue weighted by Gasteiger charge is -2.40. The fraction of sp³-hybridized carbons (Fsp3) is 0.667. The highest BCUT2D eigenvalue weighted by molar-refractivity contribution is 5.72. The summed E-state index contributed by atoms with van der Waals surface area (Å²) in [5.74, 6) is -39.4. The summed E-state index contributed by atoms with van der Waals surface area (Å²) in [5, 5.41) is 9.12. The minimum absolute atomic E-state index is 0.0117. The molecule has 0 saturated heterocycles. The molecule has 44 heavy (non-hydrogen) atoms. The van der Waals surface area contributed by atoms with Crippen molar-refractivity contribution < 1.29 is 86.0 Å². The third-order valence-corrected chi connectivity index (χ3v) is 5.69. The first-order valence-corrected chi connectivity index (χ1v) is 12.3. The first-order chi connectivity index (χ1) is 19.9. The van der Waals surface area contributed by atoms with E-state index in [2.05, 4.69) is 4.74 Å². The molecule has 1 N–H and O–H groups in total. The van der Waals surface area contributed by atoms with Crippen LogP contribution in [0, 0.1) is 0 Å². The molecular weight excluding hydrogens is 645 g/mol. The molecule has 0 fully saturated rings. The molecule has 0 spiro atoms. The molecule has 0 radical (unpaired) electrons. The molecule has 1 atom stereocenters. The summed E-state index contributed by atoms with van der Waals surface area (Å²) in [6, 6.07) is 5.11. The number of alkyl halides is 13. The predicted octanol–water partition coefficient (Wildman–Crippen LogP) is 6.69. The first-order valence-electron chi connectivity index (χ1n) is 12.3. The number of aliphatic carboxylic acids is 1. The maximum atomic E-state index is 14.4. The topological polar surface area (TPSA) is 85.3 Å². The molecule has 0 aliphatic carbocycles. The number of ether oxygens (including phenoxy) is 3. The van der Waals surface area contributed by atoms with Gasteiger partial charge in [0.2, 0.25) is 0 Å². The molecular formula is C24H26F13NO6. The number of carboxylic acid groups (broad SMARTS) is 1. The molecule has 0 saturated carbocycles. The molecule has 1 aromatic rings. The molecule has 0 aromatic heterocycles. The highest BCUT2D eigenvalue weighted by atomic mass is 19.4. The number of nitrogens with zero attached hydrogens (tertiary/aromatic N) is 1. The van der Waals surface area contributed by atoms with E-state index in [-0.39, 0.29) is 25.2 Å². The van der Waals surface area contributed by atoms with Crippen molar-refractivity contribution in [2.24, 2.45) is 0 Å². The Hall–Kier alpha value is -3.19. The van der Waals surface area contributed by atoms with Crippen LogP contribution in [0.2, 0.25) is 0 Å². The van der Waals surface area contributed by atoms with Crippen LogP contribution in [0.15, 0.2) is 24.3 Å². The lowest BCUT2D eigenvalue weighted by atomic mass is 9.93. The van der Waals surface area contributed by atoms with E-state index < -0.39 is 85.2 Å². The van der Waals surface area contributed by atoms with E-state index in [4.69, 9.17) is 14.6 Å². The monoisotopic (exact) mass is 671 g/mol. The quantitative estimate of drug-likeness (QED) is 0.186. The van der Waals surface area contributed by atoms with Crippen molar-refractivity contribution >= 4 is 12.1 Å². The summed E-state index contributed by atoms with van der Waals surface area (Å²) in [6.45, 7) is -2.50. The average molecular weight is 671 g/mol. The van der Waals surface area contributed by atoms with E-state index in [0.29, 0.717) is 5.56 Å². The van der Waals surface area contributed by atoms with Gasteiger partial charge in [0, 0.05) is 13.0 Å². The molecule has 0 heterocycles. The van der Waals surface area contributed by atoms with Gasteiger partial charge in [-0.1, -0.05) is 19.1 Å². The van der Waals surface area contributed by atoms with Gasteiger partial charge in [0.05, 0.1) is 19.7 Å². The molecule has 1 unspecified atom stereocenters. The zero-order valence-corrected chi connectivity index (χ0v) is 22.7. The maximum absolute atomic E-state index is 14.4. The molecule has 1 rings (SSSR count). The molecule has 1 aromatic carbocycles. The second kappa shape index (κ2) is 14.3. The van der Waals surface area contributed by atoms with Gasteiger partial charge in [0.15, 0.2) is 6.10 Å². The number of carbonyl (C=O) groups excluding carboxylic acids is 1. The Kier molecular flexibility index (Phi) is 12.6. The van der Waals surface area contributed by atoms with E-state index >= 15 is 0 Å². The van der Waals surface area contributed by atoms with Gasteiger partial charge in [-0.2, -0.15) is 57.1 Å². The minimum Gasteiger partial charge on any atom is -0.492 e. The highest BCUT2D eigenvalue weighted by Crippen LogP contribution is 2.60. The summed E-state index contributed by atoms with van der Waals surface area (Å²) in [7, 11) is 0. The first kappa shape index (κ1) is 38.8. The van der Waals surface area contributed by atoms with Gasteiger partial charge in [-0.3, -0.25) is 4.90 Å². The van der Waals surface area contributed by atoms with Crippen molar-refractivity contribution in [1.82, 2.24) is 4.90 Å². The summed E-state index contributed by atoms with van der Waals surface area (Å²) in [6.07, 6.45) is -10.7. The van der Waals surface area contributed by atoms with Gasteiger partial charge in [0.1, 0.15) is 12.4 Å².